The summed E-state index contributed by atoms with van der Waals surface area (Å²) in [6.45, 7) is 3.37. The van der Waals surface area contributed by atoms with Crippen molar-refractivity contribution in [2.45, 2.75) is 32.4 Å². The zero-order chi connectivity index (χ0) is 23.8. The molecule has 0 aliphatic heterocycles. The van der Waals surface area contributed by atoms with Gasteiger partial charge in [0.1, 0.15) is 6.04 Å². The molecule has 2 rings (SSSR count). The predicted molar refractivity (Wildman–Crippen MR) is 120 cm³/mol. The van der Waals surface area contributed by atoms with Crippen LogP contribution in [-0.4, -0.2) is 63.4 Å². The summed E-state index contributed by atoms with van der Waals surface area (Å²) in [7, 11) is 0. The molecule has 0 saturated carbocycles. The van der Waals surface area contributed by atoms with Gasteiger partial charge >= 0.3 is 18.0 Å². The fraction of sp³-hybridized carbons (Fsp3) is 0.348. The Kier molecular flexibility index (Phi) is 8.60. The van der Waals surface area contributed by atoms with Gasteiger partial charge in [0, 0.05) is 18.7 Å². The lowest BCUT2D eigenvalue weighted by molar-refractivity contribution is -0.147. The molecule has 2 atom stereocenters. The van der Waals surface area contributed by atoms with E-state index >= 15 is 0 Å². The second-order valence-electron chi connectivity index (χ2n) is 8.02. The highest BCUT2D eigenvalue weighted by molar-refractivity contribution is 5.83. The van der Waals surface area contributed by atoms with Gasteiger partial charge in [-0.05, 0) is 34.7 Å². The quantitative estimate of drug-likeness (QED) is 0.352. The number of rotatable bonds is 10. The largest absolute Gasteiger partial charge is 0.480 e. The predicted octanol–water partition coefficient (Wildman–Crippen LogP) is 2.04. The smallest absolute Gasteiger partial charge is 0.334 e. The lowest BCUT2D eigenvalue weighted by Gasteiger charge is -2.27. The molecular formula is C23H29N3O6. The normalized spacial score (nSPS) is 12.8. The number of aliphatic hydroxyl groups excluding tert-OH is 1. The second kappa shape index (κ2) is 11.1. The fourth-order valence-corrected chi connectivity index (χ4v) is 3.20. The topological polar surface area (TPSA) is 153 Å². The first-order chi connectivity index (χ1) is 15.1. The summed E-state index contributed by atoms with van der Waals surface area (Å²) in [5.74, 6) is -2.69. The Bertz CT molecular complexity index is 945. The number of aliphatic hydroxyl groups is 1. The van der Waals surface area contributed by atoms with Gasteiger partial charge in [-0.15, -0.1) is 0 Å². The molecule has 0 aliphatic rings. The van der Waals surface area contributed by atoms with Gasteiger partial charge in [0.25, 0.3) is 0 Å². The van der Waals surface area contributed by atoms with E-state index in [1.807, 2.05) is 44.2 Å². The number of benzene rings is 2. The number of urea groups is 1. The summed E-state index contributed by atoms with van der Waals surface area (Å²) in [5.41, 5.74) is 9.00. The number of hydrogen-bond donors (Lipinski definition) is 5. The van der Waals surface area contributed by atoms with Crippen LogP contribution in [0.1, 0.15) is 19.4 Å². The van der Waals surface area contributed by atoms with E-state index in [0.29, 0.717) is 11.3 Å². The molecule has 0 bridgehead atoms. The first-order valence-corrected chi connectivity index (χ1v) is 10.2. The Hall–Kier alpha value is -3.59. The molecule has 0 aliphatic carbocycles. The van der Waals surface area contributed by atoms with Crippen molar-refractivity contribution in [2.75, 3.05) is 18.8 Å². The number of nitrogens with two attached hydrogens (primary N) is 1. The molecule has 0 saturated heterocycles. The fourth-order valence-electron chi connectivity index (χ4n) is 3.20. The van der Waals surface area contributed by atoms with Crippen molar-refractivity contribution in [3.63, 3.8) is 0 Å². The monoisotopic (exact) mass is 443 g/mol. The molecule has 2 aromatic rings. The Balaban J connectivity index is 2.11. The van der Waals surface area contributed by atoms with Crippen molar-refractivity contribution >= 4 is 23.7 Å². The van der Waals surface area contributed by atoms with Gasteiger partial charge in [-0.3, -0.25) is 0 Å². The van der Waals surface area contributed by atoms with Crippen molar-refractivity contribution in [1.29, 1.82) is 0 Å². The van der Waals surface area contributed by atoms with E-state index in [1.165, 1.54) is 0 Å². The Morgan fingerprint density at radius 1 is 0.969 bits per heavy atom. The lowest BCUT2D eigenvalue weighted by Crippen LogP contribution is -2.52. The zero-order valence-electron chi connectivity index (χ0n) is 18.1. The van der Waals surface area contributed by atoms with Gasteiger partial charge in [-0.1, -0.05) is 50.2 Å². The van der Waals surface area contributed by atoms with Gasteiger partial charge in [0.15, 0.2) is 6.10 Å². The number of aliphatic carboxylic acids is 2. The van der Waals surface area contributed by atoms with Gasteiger partial charge in [0.2, 0.25) is 0 Å². The highest BCUT2D eigenvalue weighted by Crippen LogP contribution is 2.22. The van der Waals surface area contributed by atoms with Gasteiger partial charge < -0.3 is 31.3 Å². The molecule has 6 N–H and O–H groups in total. The Morgan fingerprint density at radius 3 is 2.16 bits per heavy atom. The minimum Gasteiger partial charge on any atom is -0.480 e. The van der Waals surface area contributed by atoms with Crippen molar-refractivity contribution < 1.29 is 29.7 Å². The van der Waals surface area contributed by atoms with Gasteiger partial charge in [0.05, 0.1) is 6.54 Å². The zero-order valence-corrected chi connectivity index (χ0v) is 18.1. The third-order valence-corrected chi connectivity index (χ3v) is 4.76. The van der Waals surface area contributed by atoms with E-state index in [0.717, 1.165) is 16.0 Å². The number of nitrogens with one attached hydrogen (secondary N) is 1. The van der Waals surface area contributed by atoms with E-state index in [1.54, 1.807) is 18.2 Å². The van der Waals surface area contributed by atoms with Crippen LogP contribution in [0.15, 0.2) is 48.5 Å². The number of anilines is 1. The first kappa shape index (κ1) is 24.7. The average molecular weight is 444 g/mol. The van der Waals surface area contributed by atoms with Crippen LogP contribution in [-0.2, 0) is 16.0 Å². The SMILES string of the molecule is CC(C)CN(C[C@H](O)C(=O)O)C(=O)N[C@@H](Cc1ccc(-c2cccc(N)c2)cc1)C(=O)O. The molecule has 2 aromatic carbocycles. The lowest BCUT2D eigenvalue weighted by atomic mass is 10.0. The van der Waals surface area contributed by atoms with E-state index in [9.17, 15) is 24.6 Å². The number of hydrogen-bond acceptors (Lipinski definition) is 5. The van der Waals surface area contributed by atoms with Crippen molar-refractivity contribution in [3.05, 3.63) is 54.1 Å². The van der Waals surface area contributed by atoms with E-state index in [-0.39, 0.29) is 18.9 Å². The third-order valence-electron chi connectivity index (χ3n) is 4.76. The maximum Gasteiger partial charge on any atom is 0.334 e. The number of carbonyl (C=O) groups is 3. The van der Waals surface area contributed by atoms with Crippen molar-refractivity contribution in [2.24, 2.45) is 5.92 Å². The standard InChI is InChI=1S/C23H29N3O6/c1-14(2)12-26(13-20(27)22(30)31)23(32)25-19(21(28)29)10-15-6-8-16(9-7-15)17-4-3-5-18(24)11-17/h3-9,11,14,19-20,27H,10,12-13,24H2,1-2H3,(H,25,32)(H,28,29)(H,30,31)/t19-,20-/m0/s1. The summed E-state index contributed by atoms with van der Waals surface area (Å²) in [6.07, 6.45) is -1.72. The van der Waals surface area contributed by atoms with Gasteiger partial charge in [-0.2, -0.15) is 0 Å². The molecule has 0 radical (unpaired) electrons. The molecule has 0 fully saturated rings. The molecule has 0 heterocycles. The second-order valence-corrected chi connectivity index (χ2v) is 8.02. The minimum absolute atomic E-state index is 0.00964. The Morgan fingerprint density at radius 2 is 1.62 bits per heavy atom. The van der Waals surface area contributed by atoms with Crippen LogP contribution >= 0.6 is 0 Å². The summed E-state index contributed by atoms with van der Waals surface area (Å²) >= 11 is 0. The molecule has 0 unspecified atom stereocenters. The molecule has 0 aromatic heterocycles. The van der Waals surface area contributed by atoms with E-state index in [2.05, 4.69) is 5.32 Å². The maximum atomic E-state index is 12.6. The number of carbonyl (C=O) groups excluding carboxylic acids is 1. The van der Waals surface area contributed by atoms with Crippen LogP contribution in [0.25, 0.3) is 11.1 Å². The summed E-state index contributed by atoms with van der Waals surface area (Å²) in [5, 5.41) is 30.6. The summed E-state index contributed by atoms with van der Waals surface area (Å²) < 4.78 is 0. The van der Waals surface area contributed by atoms with Gasteiger partial charge in [-0.25, -0.2) is 14.4 Å². The van der Waals surface area contributed by atoms with Crippen molar-refractivity contribution in [3.8, 4) is 11.1 Å². The van der Waals surface area contributed by atoms with Crippen molar-refractivity contribution in [1.82, 2.24) is 10.2 Å². The number of amides is 2. The average Bonchev–Trinajstić information content (AvgIpc) is 2.72. The Labute approximate surface area is 186 Å². The first-order valence-electron chi connectivity index (χ1n) is 10.2. The van der Waals surface area contributed by atoms with E-state index in [4.69, 9.17) is 10.8 Å². The molecule has 9 heteroatoms. The van der Waals surface area contributed by atoms with Crippen LogP contribution in [0.4, 0.5) is 10.5 Å². The van der Waals surface area contributed by atoms with E-state index < -0.39 is 36.7 Å². The molecule has 0 spiro atoms. The molecule has 172 valence electrons. The van der Waals surface area contributed by atoms with Crippen LogP contribution in [0.5, 0.6) is 0 Å². The molecular weight excluding hydrogens is 414 g/mol. The van der Waals surface area contributed by atoms with Crippen LogP contribution in [0.2, 0.25) is 0 Å². The third kappa shape index (κ3) is 7.28. The number of nitrogen functional groups attached to an aromatic ring is 1. The highest BCUT2D eigenvalue weighted by Gasteiger charge is 2.27. The van der Waals surface area contributed by atoms with Crippen LogP contribution < -0.4 is 11.1 Å². The molecule has 32 heavy (non-hydrogen) atoms. The number of carboxylic acids is 2. The number of carboxylic acid groups (broad SMARTS) is 2. The summed E-state index contributed by atoms with van der Waals surface area (Å²) in [4.78, 5) is 36.5. The highest BCUT2D eigenvalue weighted by atomic mass is 16.4. The maximum absolute atomic E-state index is 12.6. The minimum atomic E-state index is -1.76. The van der Waals surface area contributed by atoms with Crippen LogP contribution in [0, 0.1) is 5.92 Å². The number of nitrogens with zero attached hydrogens (tertiary/aromatic N) is 1. The van der Waals surface area contributed by atoms with Crippen LogP contribution in [0.3, 0.4) is 0 Å². The summed E-state index contributed by atoms with van der Waals surface area (Å²) in [6, 6.07) is 12.7. The molecule has 9 nitrogen and oxygen atoms in total. The molecule has 2 amide bonds.